The van der Waals surface area contributed by atoms with E-state index in [1.54, 1.807) is 6.08 Å². The molecule has 2 aromatic rings. The predicted molar refractivity (Wildman–Crippen MR) is 89.3 cm³/mol. The van der Waals surface area contributed by atoms with Crippen molar-refractivity contribution in [2.75, 3.05) is 5.75 Å². The number of hydrogen-bond donors (Lipinski definition) is 1. The van der Waals surface area contributed by atoms with E-state index < -0.39 is 11.8 Å². The van der Waals surface area contributed by atoms with Crippen LogP contribution in [-0.4, -0.2) is 22.6 Å². The van der Waals surface area contributed by atoms with Crippen molar-refractivity contribution < 1.29 is 19.1 Å². The van der Waals surface area contributed by atoms with Crippen molar-refractivity contribution in [2.45, 2.75) is 11.8 Å². The third kappa shape index (κ3) is 5.07. The van der Waals surface area contributed by atoms with Crippen molar-refractivity contribution in [2.24, 2.45) is 0 Å². The fourth-order valence-electron chi connectivity index (χ4n) is 1.86. The van der Waals surface area contributed by atoms with Crippen molar-refractivity contribution in [3.63, 3.8) is 0 Å². The number of allylic oxidation sites excluding steroid dienone is 1. The first-order chi connectivity index (χ1) is 11.0. The van der Waals surface area contributed by atoms with Crippen molar-refractivity contribution in [1.82, 2.24) is 0 Å². The van der Waals surface area contributed by atoms with Gasteiger partial charge in [-0.05, 0) is 36.8 Å². The minimum Gasteiger partial charge on any atom is -0.481 e. The molecule has 2 aromatic carbocycles. The number of hydrogen-bond acceptors (Lipinski definition) is 3. The summed E-state index contributed by atoms with van der Waals surface area (Å²) in [5, 5.41) is 8.60. The van der Waals surface area contributed by atoms with E-state index >= 15 is 0 Å². The van der Waals surface area contributed by atoms with E-state index in [1.807, 2.05) is 31.2 Å². The van der Waals surface area contributed by atoms with E-state index in [0.717, 1.165) is 29.0 Å². The van der Waals surface area contributed by atoms with E-state index in [4.69, 9.17) is 5.11 Å². The maximum atomic E-state index is 13.9. The standard InChI is InChI=1S/C18H15FO3S/c1-12-2-4-13(5-3-12)6-8-16(20)14-7-9-17(15(19)10-14)23-11-18(21)22/h2-10H,11H2,1H3,(H,21,22)/b8-6+. The van der Waals surface area contributed by atoms with Gasteiger partial charge in [0, 0.05) is 10.5 Å². The van der Waals surface area contributed by atoms with Crippen molar-refractivity contribution in [3.05, 3.63) is 71.0 Å². The van der Waals surface area contributed by atoms with Crippen LogP contribution < -0.4 is 0 Å². The van der Waals surface area contributed by atoms with Crippen LogP contribution in [0.5, 0.6) is 0 Å². The number of halogens is 1. The Kier molecular flexibility index (Phi) is 5.71. The molecule has 118 valence electrons. The second kappa shape index (κ2) is 7.74. The monoisotopic (exact) mass is 330 g/mol. The number of benzene rings is 2. The second-order valence-corrected chi connectivity index (χ2v) is 5.95. The van der Waals surface area contributed by atoms with Gasteiger partial charge in [0.05, 0.1) is 5.75 Å². The molecule has 0 spiro atoms. The van der Waals surface area contributed by atoms with Crippen LogP contribution in [0.4, 0.5) is 4.39 Å². The Morgan fingerprint density at radius 1 is 1.17 bits per heavy atom. The number of aliphatic carboxylic acids is 1. The summed E-state index contributed by atoms with van der Waals surface area (Å²) < 4.78 is 13.9. The van der Waals surface area contributed by atoms with Crippen LogP contribution in [0.25, 0.3) is 6.08 Å². The van der Waals surface area contributed by atoms with E-state index in [2.05, 4.69) is 0 Å². The Balaban J connectivity index is 2.08. The molecule has 3 nitrogen and oxygen atoms in total. The van der Waals surface area contributed by atoms with Gasteiger partial charge in [-0.2, -0.15) is 0 Å². The molecular weight excluding hydrogens is 315 g/mol. The average Bonchev–Trinajstić information content (AvgIpc) is 2.52. The molecule has 0 aliphatic heterocycles. The molecule has 0 saturated carbocycles. The molecule has 0 fully saturated rings. The van der Waals surface area contributed by atoms with Crippen LogP contribution in [0.1, 0.15) is 21.5 Å². The fraction of sp³-hybridized carbons (Fsp3) is 0.111. The molecule has 0 aliphatic rings. The minimum absolute atomic E-state index is 0.214. The zero-order chi connectivity index (χ0) is 16.8. The molecule has 0 atom stereocenters. The number of carboxylic acid groups (broad SMARTS) is 1. The van der Waals surface area contributed by atoms with Gasteiger partial charge in [-0.25, -0.2) is 4.39 Å². The van der Waals surface area contributed by atoms with Crippen molar-refractivity contribution in [1.29, 1.82) is 0 Å². The summed E-state index contributed by atoms with van der Waals surface area (Å²) in [4.78, 5) is 22.8. The first-order valence-electron chi connectivity index (χ1n) is 6.89. The molecule has 0 aromatic heterocycles. The molecule has 2 rings (SSSR count). The largest absolute Gasteiger partial charge is 0.481 e. The summed E-state index contributed by atoms with van der Waals surface area (Å²) in [7, 11) is 0. The summed E-state index contributed by atoms with van der Waals surface area (Å²) in [5.41, 5.74) is 2.24. The Bertz CT molecular complexity index is 751. The lowest BCUT2D eigenvalue weighted by atomic mass is 10.1. The highest BCUT2D eigenvalue weighted by Crippen LogP contribution is 2.23. The molecule has 23 heavy (non-hydrogen) atoms. The third-order valence-corrected chi connectivity index (χ3v) is 4.11. The highest BCUT2D eigenvalue weighted by molar-refractivity contribution is 8.00. The van der Waals surface area contributed by atoms with Crippen LogP contribution in [-0.2, 0) is 4.79 Å². The molecule has 0 aliphatic carbocycles. The molecule has 0 radical (unpaired) electrons. The van der Waals surface area contributed by atoms with E-state index in [9.17, 15) is 14.0 Å². The van der Waals surface area contributed by atoms with Gasteiger partial charge in [0.25, 0.3) is 0 Å². The number of aryl methyl sites for hydroxylation is 1. The SMILES string of the molecule is Cc1ccc(/C=C/C(=O)c2ccc(SCC(=O)O)c(F)c2)cc1. The van der Waals surface area contributed by atoms with E-state index in [1.165, 1.54) is 18.2 Å². The highest BCUT2D eigenvalue weighted by atomic mass is 32.2. The Morgan fingerprint density at radius 3 is 2.48 bits per heavy atom. The number of ketones is 1. The quantitative estimate of drug-likeness (QED) is 0.490. The van der Waals surface area contributed by atoms with Crippen LogP contribution in [0.3, 0.4) is 0 Å². The molecule has 0 saturated heterocycles. The minimum atomic E-state index is -1.02. The third-order valence-electron chi connectivity index (χ3n) is 3.07. The van der Waals surface area contributed by atoms with Crippen molar-refractivity contribution >= 4 is 29.6 Å². The molecular formula is C18H15FO3S. The maximum absolute atomic E-state index is 13.9. The Labute approximate surface area is 137 Å². The van der Waals surface area contributed by atoms with E-state index in [-0.39, 0.29) is 22.0 Å². The summed E-state index contributed by atoms with van der Waals surface area (Å²) in [5.74, 6) is -2.14. The number of carbonyl (C=O) groups is 2. The average molecular weight is 330 g/mol. The van der Waals surface area contributed by atoms with Gasteiger partial charge in [0.2, 0.25) is 0 Å². The van der Waals surface area contributed by atoms with E-state index in [0.29, 0.717) is 0 Å². The van der Waals surface area contributed by atoms with Crippen LogP contribution in [0.15, 0.2) is 53.4 Å². The molecule has 0 amide bonds. The van der Waals surface area contributed by atoms with Crippen LogP contribution in [0.2, 0.25) is 0 Å². The lowest BCUT2D eigenvalue weighted by molar-refractivity contribution is -0.133. The summed E-state index contributed by atoms with van der Waals surface area (Å²) in [6.45, 7) is 1.98. The van der Waals surface area contributed by atoms with Gasteiger partial charge in [0.15, 0.2) is 5.78 Å². The lowest BCUT2D eigenvalue weighted by Gasteiger charge is -2.03. The highest BCUT2D eigenvalue weighted by Gasteiger charge is 2.09. The van der Waals surface area contributed by atoms with Crippen LogP contribution in [0, 0.1) is 12.7 Å². The van der Waals surface area contributed by atoms with Gasteiger partial charge in [-0.3, -0.25) is 9.59 Å². The smallest absolute Gasteiger partial charge is 0.313 e. The summed E-state index contributed by atoms with van der Waals surface area (Å²) in [6.07, 6.45) is 3.07. The van der Waals surface area contributed by atoms with Gasteiger partial charge < -0.3 is 5.11 Å². The van der Waals surface area contributed by atoms with Gasteiger partial charge in [0.1, 0.15) is 5.82 Å². The number of carbonyl (C=O) groups excluding carboxylic acids is 1. The van der Waals surface area contributed by atoms with Crippen molar-refractivity contribution in [3.8, 4) is 0 Å². The van der Waals surface area contributed by atoms with Gasteiger partial charge >= 0.3 is 5.97 Å². The number of rotatable bonds is 6. The first kappa shape index (κ1) is 17.0. The fourth-order valence-corrected chi connectivity index (χ4v) is 2.50. The maximum Gasteiger partial charge on any atom is 0.313 e. The molecule has 0 unspecified atom stereocenters. The number of carboxylic acids is 1. The Hall–Kier alpha value is -2.40. The summed E-state index contributed by atoms with van der Waals surface area (Å²) in [6, 6.07) is 11.7. The second-order valence-electron chi connectivity index (χ2n) is 4.94. The molecule has 5 heteroatoms. The van der Waals surface area contributed by atoms with Gasteiger partial charge in [-0.15, -0.1) is 11.8 Å². The summed E-state index contributed by atoms with van der Waals surface area (Å²) >= 11 is 0.883. The molecule has 0 bridgehead atoms. The lowest BCUT2D eigenvalue weighted by Crippen LogP contribution is -2.00. The normalized spacial score (nSPS) is 10.9. The zero-order valence-corrected chi connectivity index (χ0v) is 13.3. The van der Waals surface area contributed by atoms with Gasteiger partial charge in [-0.1, -0.05) is 35.9 Å². The predicted octanol–water partition coefficient (Wildman–Crippen LogP) is 4.21. The molecule has 0 heterocycles. The number of thioether (sulfide) groups is 1. The first-order valence-corrected chi connectivity index (χ1v) is 7.87. The Morgan fingerprint density at radius 2 is 1.87 bits per heavy atom. The zero-order valence-electron chi connectivity index (χ0n) is 12.5. The molecule has 1 N–H and O–H groups in total. The topological polar surface area (TPSA) is 54.4 Å². The van der Waals surface area contributed by atoms with Crippen LogP contribution >= 0.6 is 11.8 Å².